The van der Waals surface area contributed by atoms with Crippen LogP contribution in [0.25, 0.3) is 0 Å². The van der Waals surface area contributed by atoms with Crippen LogP contribution in [0.15, 0.2) is 24.5 Å². The van der Waals surface area contributed by atoms with Crippen molar-refractivity contribution in [1.29, 1.82) is 0 Å². The highest BCUT2D eigenvalue weighted by Crippen LogP contribution is 2.29. The standard InChI is InChI=1S/C17H25N3O/c21-17(8-5-14-3-1-9-18-11-14)20(16-6-7-16)13-15-4-2-10-19-12-15/h2,4,10,12,14,16,18H,1,3,5-9,11,13H2. The van der Waals surface area contributed by atoms with Gasteiger partial charge in [-0.3, -0.25) is 9.78 Å². The fourth-order valence-corrected chi connectivity index (χ4v) is 3.14. The molecule has 0 spiro atoms. The molecule has 3 rings (SSSR count). The van der Waals surface area contributed by atoms with Crippen LogP contribution < -0.4 is 5.32 Å². The van der Waals surface area contributed by atoms with E-state index in [1.165, 1.54) is 12.8 Å². The molecule has 2 heterocycles. The summed E-state index contributed by atoms with van der Waals surface area (Å²) in [7, 11) is 0. The molecule has 2 fully saturated rings. The molecule has 1 aliphatic carbocycles. The molecule has 0 bridgehead atoms. The second kappa shape index (κ2) is 7.03. The van der Waals surface area contributed by atoms with Crippen LogP contribution >= 0.6 is 0 Å². The lowest BCUT2D eigenvalue weighted by molar-refractivity contribution is -0.132. The monoisotopic (exact) mass is 287 g/mol. The number of rotatable bonds is 6. The minimum atomic E-state index is 0.326. The maximum atomic E-state index is 12.6. The Hall–Kier alpha value is -1.42. The van der Waals surface area contributed by atoms with Crippen LogP contribution in [-0.2, 0) is 11.3 Å². The van der Waals surface area contributed by atoms with Gasteiger partial charge < -0.3 is 10.2 Å². The lowest BCUT2D eigenvalue weighted by Gasteiger charge is -2.26. The fourth-order valence-electron chi connectivity index (χ4n) is 3.14. The Morgan fingerprint density at radius 3 is 2.95 bits per heavy atom. The third kappa shape index (κ3) is 4.27. The molecule has 1 amide bonds. The Labute approximate surface area is 126 Å². The normalized spacial score (nSPS) is 22.0. The number of carbonyl (C=O) groups excluding carboxylic acids is 1. The van der Waals surface area contributed by atoms with E-state index >= 15 is 0 Å². The Balaban J connectivity index is 1.52. The average molecular weight is 287 g/mol. The number of amides is 1. The van der Waals surface area contributed by atoms with Gasteiger partial charge in [-0.15, -0.1) is 0 Å². The van der Waals surface area contributed by atoms with Gasteiger partial charge >= 0.3 is 0 Å². The van der Waals surface area contributed by atoms with Crippen molar-refractivity contribution in [3.05, 3.63) is 30.1 Å². The van der Waals surface area contributed by atoms with E-state index in [1.807, 2.05) is 12.3 Å². The van der Waals surface area contributed by atoms with E-state index in [0.29, 0.717) is 24.3 Å². The summed E-state index contributed by atoms with van der Waals surface area (Å²) < 4.78 is 0. The SMILES string of the molecule is O=C(CCC1CCCNC1)N(Cc1cccnc1)C1CC1. The smallest absolute Gasteiger partial charge is 0.223 e. The number of pyridine rings is 1. The van der Waals surface area contributed by atoms with Crippen molar-refractivity contribution in [2.45, 2.75) is 51.1 Å². The largest absolute Gasteiger partial charge is 0.335 e. The summed E-state index contributed by atoms with van der Waals surface area (Å²) in [6, 6.07) is 4.47. The second-order valence-electron chi connectivity index (χ2n) is 6.37. The molecule has 1 N–H and O–H groups in total. The zero-order valence-corrected chi connectivity index (χ0v) is 12.6. The predicted octanol–water partition coefficient (Wildman–Crippen LogP) is 2.35. The van der Waals surface area contributed by atoms with Gasteiger partial charge in [-0.2, -0.15) is 0 Å². The molecule has 4 heteroatoms. The molecule has 1 saturated heterocycles. The van der Waals surface area contributed by atoms with Crippen LogP contribution in [-0.4, -0.2) is 34.9 Å². The van der Waals surface area contributed by atoms with E-state index in [9.17, 15) is 4.79 Å². The molecule has 1 aromatic rings. The van der Waals surface area contributed by atoms with Crippen molar-refractivity contribution in [3.63, 3.8) is 0 Å². The topological polar surface area (TPSA) is 45.2 Å². The molecule has 2 aliphatic rings. The number of hydrogen-bond donors (Lipinski definition) is 1. The zero-order valence-electron chi connectivity index (χ0n) is 12.6. The van der Waals surface area contributed by atoms with Crippen LogP contribution in [0, 0.1) is 5.92 Å². The van der Waals surface area contributed by atoms with Gasteiger partial charge in [0.25, 0.3) is 0 Å². The van der Waals surface area contributed by atoms with Crippen LogP contribution in [0.2, 0.25) is 0 Å². The highest BCUT2D eigenvalue weighted by Gasteiger charge is 2.32. The molecule has 1 saturated carbocycles. The number of hydrogen-bond acceptors (Lipinski definition) is 3. The van der Waals surface area contributed by atoms with Crippen molar-refractivity contribution in [2.75, 3.05) is 13.1 Å². The molecule has 1 atom stereocenters. The predicted molar refractivity (Wildman–Crippen MR) is 82.6 cm³/mol. The van der Waals surface area contributed by atoms with E-state index in [0.717, 1.165) is 44.5 Å². The Bertz CT molecular complexity index is 452. The van der Waals surface area contributed by atoms with Gasteiger partial charge in [-0.05, 0) is 62.7 Å². The fraction of sp³-hybridized carbons (Fsp3) is 0.647. The summed E-state index contributed by atoms with van der Waals surface area (Å²) in [4.78, 5) is 18.8. The summed E-state index contributed by atoms with van der Waals surface area (Å²) in [5.41, 5.74) is 1.14. The number of piperidine rings is 1. The molecule has 0 radical (unpaired) electrons. The van der Waals surface area contributed by atoms with E-state index in [1.54, 1.807) is 6.20 Å². The quantitative estimate of drug-likeness (QED) is 0.873. The molecule has 21 heavy (non-hydrogen) atoms. The number of aromatic nitrogens is 1. The first-order chi connectivity index (χ1) is 10.3. The summed E-state index contributed by atoms with van der Waals surface area (Å²) in [6.07, 6.45) is 10.2. The van der Waals surface area contributed by atoms with E-state index in [2.05, 4.69) is 21.3 Å². The summed E-state index contributed by atoms with van der Waals surface area (Å²) in [5, 5.41) is 3.43. The van der Waals surface area contributed by atoms with Gasteiger partial charge in [0.2, 0.25) is 5.91 Å². The minimum Gasteiger partial charge on any atom is -0.335 e. The minimum absolute atomic E-state index is 0.326. The molecule has 1 aromatic heterocycles. The summed E-state index contributed by atoms with van der Waals surface area (Å²) >= 11 is 0. The third-order valence-corrected chi connectivity index (χ3v) is 4.55. The molecule has 0 aromatic carbocycles. The Morgan fingerprint density at radius 2 is 2.29 bits per heavy atom. The first-order valence-corrected chi connectivity index (χ1v) is 8.22. The van der Waals surface area contributed by atoms with Gasteiger partial charge in [-0.1, -0.05) is 6.07 Å². The van der Waals surface area contributed by atoms with E-state index < -0.39 is 0 Å². The van der Waals surface area contributed by atoms with Crippen LogP contribution in [0.5, 0.6) is 0 Å². The average Bonchev–Trinajstić information content (AvgIpc) is 3.37. The van der Waals surface area contributed by atoms with Gasteiger partial charge in [-0.25, -0.2) is 0 Å². The molecule has 1 unspecified atom stereocenters. The van der Waals surface area contributed by atoms with Gasteiger partial charge in [0, 0.05) is 31.4 Å². The highest BCUT2D eigenvalue weighted by molar-refractivity contribution is 5.76. The summed E-state index contributed by atoms with van der Waals surface area (Å²) in [5.74, 6) is 1.01. The number of nitrogens with zero attached hydrogens (tertiary/aromatic N) is 2. The lowest BCUT2D eigenvalue weighted by atomic mass is 9.94. The van der Waals surface area contributed by atoms with Crippen molar-refractivity contribution >= 4 is 5.91 Å². The summed E-state index contributed by atoms with van der Waals surface area (Å²) in [6.45, 7) is 2.94. The van der Waals surface area contributed by atoms with E-state index in [4.69, 9.17) is 0 Å². The first-order valence-electron chi connectivity index (χ1n) is 8.22. The van der Waals surface area contributed by atoms with Crippen LogP contribution in [0.3, 0.4) is 0 Å². The Morgan fingerprint density at radius 1 is 1.38 bits per heavy atom. The molecule has 4 nitrogen and oxygen atoms in total. The highest BCUT2D eigenvalue weighted by atomic mass is 16.2. The van der Waals surface area contributed by atoms with Crippen LogP contribution in [0.1, 0.15) is 44.1 Å². The van der Waals surface area contributed by atoms with Gasteiger partial charge in [0.15, 0.2) is 0 Å². The lowest BCUT2D eigenvalue weighted by Crippen LogP contribution is -2.34. The molecular formula is C17H25N3O. The second-order valence-corrected chi connectivity index (χ2v) is 6.37. The zero-order chi connectivity index (χ0) is 14.5. The Kier molecular flexibility index (Phi) is 4.86. The molecule has 114 valence electrons. The number of nitrogens with one attached hydrogen (secondary N) is 1. The number of carbonyl (C=O) groups is 1. The molecular weight excluding hydrogens is 262 g/mol. The van der Waals surface area contributed by atoms with Crippen molar-refractivity contribution in [1.82, 2.24) is 15.2 Å². The van der Waals surface area contributed by atoms with Crippen molar-refractivity contribution in [3.8, 4) is 0 Å². The molecule has 1 aliphatic heterocycles. The maximum Gasteiger partial charge on any atom is 0.223 e. The van der Waals surface area contributed by atoms with Gasteiger partial charge in [0.05, 0.1) is 0 Å². The third-order valence-electron chi connectivity index (χ3n) is 4.55. The van der Waals surface area contributed by atoms with Crippen molar-refractivity contribution < 1.29 is 4.79 Å². The first kappa shape index (κ1) is 14.5. The van der Waals surface area contributed by atoms with Crippen LogP contribution in [0.4, 0.5) is 0 Å². The maximum absolute atomic E-state index is 12.6. The van der Waals surface area contributed by atoms with Crippen molar-refractivity contribution in [2.24, 2.45) is 5.92 Å². The van der Waals surface area contributed by atoms with Gasteiger partial charge in [0.1, 0.15) is 0 Å². The van der Waals surface area contributed by atoms with E-state index in [-0.39, 0.29) is 0 Å².